The molecule has 0 spiro atoms. The molecular formula is C96H146N12O23. The molecule has 131 heavy (non-hydrogen) atoms. The maximum atomic E-state index is 14.9. The lowest BCUT2D eigenvalue weighted by Gasteiger charge is -2.44. The zero-order chi connectivity index (χ0) is 98.6. The molecule has 12 amide bonds. The predicted octanol–water partition coefficient (Wildman–Crippen LogP) is 6.17. The van der Waals surface area contributed by atoms with Gasteiger partial charge in [0.05, 0.1) is 12.1 Å². The fourth-order valence-electron chi connectivity index (χ4n) is 16.4. The highest BCUT2D eigenvalue weighted by molar-refractivity contribution is 6.01. The minimum atomic E-state index is -1.67. The maximum absolute atomic E-state index is 14.9. The van der Waals surface area contributed by atoms with Crippen LogP contribution in [0.1, 0.15) is 245 Å². The fourth-order valence-corrected chi connectivity index (χ4v) is 16.4. The van der Waals surface area contributed by atoms with Gasteiger partial charge in [0.15, 0.2) is 11.6 Å². The Labute approximate surface area is 770 Å². The van der Waals surface area contributed by atoms with Crippen molar-refractivity contribution in [1.29, 1.82) is 0 Å². The number of primary amides is 2. The predicted molar refractivity (Wildman–Crippen MR) is 485 cm³/mol. The number of piperidine rings is 1. The number of fused-ring (bicyclic) bond motifs is 4. The van der Waals surface area contributed by atoms with Gasteiger partial charge in [-0.1, -0.05) is 167 Å². The van der Waals surface area contributed by atoms with Crippen LogP contribution in [0.4, 0.5) is 0 Å². The third kappa shape index (κ3) is 31.9. The summed E-state index contributed by atoms with van der Waals surface area (Å²) in [5.41, 5.74) is 11.9. The lowest BCUT2D eigenvalue weighted by atomic mass is 9.85. The van der Waals surface area contributed by atoms with Gasteiger partial charge in [0.25, 0.3) is 0 Å². The number of allylic oxidation sites excluding steroid dienone is 1. The molecule has 0 radical (unpaired) electrons. The van der Waals surface area contributed by atoms with E-state index in [4.69, 9.17) is 20.9 Å². The SMILES string of the molecule is CC[C@H](C)[C@@H]1NC(=O)[C@H](Cc2ccc(O)cc2)N(C)C(=O)[C@H]([C@@H](C)CC)N2C(=O)[C@H](CC[C@H]2O)CC(=O)[C@H](CC(C)C)NC(=O)[C@@H](NC(=O)[C@H](CCC(N)=O)CC(=O)C(C)C)[C@@H](C)OC1=O.CC[C@H](C)[C@@H]1NC(=O)[C@H](Cc2ccc(O)cc2)N(C)C(=O)[C@H]([C@@H](C)CC)N2C=CC[C@H](CC(=O)[C@H](CC(C)C)NC(=O)[C@@H](NC(=O)[C@H](CCC(N)=O)CC(=O)C(C)C)[C@@H](C)OC1=O)C2=O. The number of esters is 2. The van der Waals surface area contributed by atoms with E-state index in [-0.39, 0.29) is 131 Å². The Bertz CT molecular complexity index is 4360. The molecule has 6 rings (SSSR count). The molecule has 2 aromatic carbocycles. The number of phenols is 2. The number of hydrogen-bond acceptors (Lipinski definition) is 23. The number of carbonyl (C=O) groups excluding carboxylic acids is 18. The molecule has 21 atom stereocenters. The number of aliphatic hydroxyl groups is 1. The number of phenolic OH excluding ortho intramolecular Hbond substituents is 2. The molecule has 3 saturated heterocycles. The van der Waals surface area contributed by atoms with Crippen LogP contribution in [0.5, 0.6) is 11.5 Å². The minimum Gasteiger partial charge on any atom is -0.508 e. The van der Waals surface area contributed by atoms with Crippen LogP contribution in [0, 0.1) is 71.0 Å². The molecule has 4 aliphatic heterocycles. The summed E-state index contributed by atoms with van der Waals surface area (Å²) in [6.45, 7) is 30.9. The number of Topliss-reactive ketones (excluding diaryl/α,β-unsaturated/α-hetero) is 4. The first-order valence-electron chi connectivity index (χ1n) is 46.4. The zero-order valence-electron chi connectivity index (χ0n) is 80.1. The Kier molecular flexibility index (Phi) is 43.6. The lowest BCUT2D eigenvalue weighted by molar-refractivity contribution is -0.170. The van der Waals surface area contributed by atoms with E-state index in [1.165, 1.54) is 73.1 Å². The summed E-state index contributed by atoms with van der Waals surface area (Å²) in [6, 6.07) is -1.21. The monoisotopic (exact) mass is 1840 g/mol. The van der Waals surface area contributed by atoms with Crippen LogP contribution in [-0.2, 0) is 109 Å². The molecule has 35 nitrogen and oxygen atoms in total. The second-order valence-electron chi connectivity index (χ2n) is 37.7. The van der Waals surface area contributed by atoms with Gasteiger partial charge in [-0.25, -0.2) is 9.59 Å². The summed E-state index contributed by atoms with van der Waals surface area (Å²) >= 11 is 0. The maximum Gasteiger partial charge on any atom is 0.329 e. The van der Waals surface area contributed by atoms with Crippen LogP contribution in [0.25, 0.3) is 0 Å². The topological polar surface area (TPSA) is 524 Å². The van der Waals surface area contributed by atoms with Crippen LogP contribution < -0.4 is 43.4 Å². The van der Waals surface area contributed by atoms with Crippen molar-refractivity contribution in [3.8, 4) is 11.5 Å². The first kappa shape index (κ1) is 111. The largest absolute Gasteiger partial charge is 0.508 e. The number of likely N-dealkylation sites (N-methyl/N-ethyl adjacent to an activating group) is 2. The molecule has 35 heteroatoms. The van der Waals surface area contributed by atoms with Gasteiger partial charge >= 0.3 is 11.9 Å². The van der Waals surface area contributed by atoms with Gasteiger partial charge in [-0.05, 0) is 130 Å². The summed E-state index contributed by atoms with van der Waals surface area (Å²) in [4.78, 5) is 257. The van der Waals surface area contributed by atoms with Gasteiger partial charge in [-0.2, -0.15) is 0 Å². The van der Waals surface area contributed by atoms with Gasteiger partial charge in [0.1, 0.15) is 89.8 Å². The summed E-state index contributed by atoms with van der Waals surface area (Å²) in [5, 5.41) is 47.8. The number of aromatic hydroxyl groups is 2. The Morgan fingerprint density at radius 1 is 0.481 bits per heavy atom. The van der Waals surface area contributed by atoms with E-state index in [2.05, 4.69) is 31.9 Å². The van der Waals surface area contributed by atoms with E-state index in [1.54, 1.807) is 92.7 Å². The molecule has 4 heterocycles. The van der Waals surface area contributed by atoms with Crippen molar-refractivity contribution in [2.45, 2.75) is 325 Å². The quantitative estimate of drug-likeness (QED) is 0.0365. The van der Waals surface area contributed by atoms with E-state index in [1.807, 2.05) is 48.5 Å². The molecule has 4 aliphatic rings. The number of nitrogens with one attached hydrogen (secondary N) is 6. The number of cyclic esters (lactones) is 2. The van der Waals surface area contributed by atoms with Crippen molar-refractivity contribution >= 4 is 106 Å². The number of nitrogens with two attached hydrogens (primary N) is 2. The van der Waals surface area contributed by atoms with Crippen LogP contribution in [0.3, 0.4) is 0 Å². The number of rotatable bonds is 32. The number of ketones is 4. The Hall–Kier alpha value is -11.0. The average molecular weight is 1840 g/mol. The summed E-state index contributed by atoms with van der Waals surface area (Å²) in [5.74, 6) is -19.6. The first-order chi connectivity index (χ1) is 61.4. The molecule has 0 aliphatic carbocycles. The van der Waals surface area contributed by atoms with E-state index < -0.39 is 232 Å². The third-order valence-corrected chi connectivity index (χ3v) is 25.8. The van der Waals surface area contributed by atoms with Crippen LogP contribution in [0.2, 0.25) is 0 Å². The molecule has 3 fully saturated rings. The van der Waals surface area contributed by atoms with E-state index >= 15 is 0 Å². The standard InChI is InChI=1S/C48H74N6O12.C48H72N6O11/c1-11-27(7)40-48(65)66-29(9)41(52-43(60)31(15-19-38(49)58)23-36(56)26(5)6)45(62)50-34(21-25(3)4)37(57)24-32-16-20-39(59)54(46(32)63)42(28(8)12-2)47(64)53(10)35(44(61)51-40)22-30-13-17-33(55)18-14-30;1-11-28(7)40-48(64)65-30(9)41(52-43(59)32(17-20-39(49)58)24-37(56)27(5)6)45(61)50-35(22-26(3)4)38(57)25-33-14-13-21-54(46(33)62)42(29(8)12-2)47(63)53(10)36(44(60)51-40)23-31-15-18-34(55)19-16-31/h13-14,17-18,25-29,31-32,34-35,39-42,55,59H,11-12,15-16,19-24H2,1-10H3,(H2,49,58)(H,50,62)(H,51,61)(H,52,60);13,15-16,18-19,21,26-30,32-33,35-36,40-42,55H,11-12,14,17,20,22-25H2,1-10H3,(H2,49,58)(H,50,61)(H,51,60)(H,52,59)/t27-,28-,29+,31+,32+,34-,35-,39+,40-,41-,42-;28-,29-,30+,32+,33+,35-,36-,40-,41-,42-/m00/s1. The van der Waals surface area contributed by atoms with Crippen molar-refractivity contribution in [3.05, 3.63) is 71.9 Å². The lowest BCUT2D eigenvalue weighted by Crippen LogP contribution is -2.63. The number of nitrogens with zero attached hydrogens (tertiary/aromatic N) is 4. The zero-order valence-corrected chi connectivity index (χ0v) is 80.1. The van der Waals surface area contributed by atoms with E-state index in [0.29, 0.717) is 36.8 Å². The average Bonchev–Trinajstić information content (AvgIpc) is 1.12. The number of amides is 12. The molecule has 0 saturated carbocycles. The van der Waals surface area contributed by atoms with Gasteiger partial charge in [0, 0.05) is 107 Å². The fraction of sp³-hybridized carbons (Fsp3) is 0.667. The second-order valence-corrected chi connectivity index (χ2v) is 37.7. The van der Waals surface area contributed by atoms with Crippen LogP contribution >= 0.6 is 0 Å². The molecular weight excluding hydrogens is 1690 g/mol. The third-order valence-electron chi connectivity index (χ3n) is 25.8. The summed E-state index contributed by atoms with van der Waals surface area (Å²) in [6.07, 6.45) is -0.975. The highest BCUT2D eigenvalue weighted by Crippen LogP contribution is 2.35. The van der Waals surface area contributed by atoms with Gasteiger partial charge in [0.2, 0.25) is 70.9 Å². The number of carbonyl (C=O) groups is 18. The minimum absolute atomic E-state index is 0.0129. The van der Waals surface area contributed by atoms with Gasteiger partial charge in [-0.3, -0.25) is 76.7 Å². The Morgan fingerprint density at radius 2 is 0.847 bits per heavy atom. The first-order valence-corrected chi connectivity index (χ1v) is 46.4. The normalized spacial score (nSPS) is 26.0. The van der Waals surface area contributed by atoms with E-state index in [9.17, 15) is 102 Å². The molecule has 13 N–H and O–H groups in total. The number of benzene rings is 2. The van der Waals surface area contributed by atoms with Crippen molar-refractivity contribution in [3.63, 3.8) is 0 Å². The van der Waals surface area contributed by atoms with Crippen LogP contribution in [-0.4, -0.2) is 234 Å². The van der Waals surface area contributed by atoms with Crippen molar-refractivity contribution in [2.75, 3.05) is 14.1 Å². The highest BCUT2D eigenvalue weighted by atomic mass is 16.6. The number of ether oxygens (including phenoxy) is 2. The number of hydrogen-bond donors (Lipinski definition) is 11. The van der Waals surface area contributed by atoms with Crippen LogP contribution in [0.15, 0.2) is 60.8 Å². The molecule has 0 unspecified atom stereocenters. The molecule has 2 aromatic rings. The Balaban J connectivity index is 0.000000464. The molecule has 4 bridgehead atoms. The van der Waals surface area contributed by atoms with Crippen molar-refractivity contribution in [2.24, 2.45) is 82.5 Å². The summed E-state index contributed by atoms with van der Waals surface area (Å²) < 4.78 is 11.9. The van der Waals surface area contributed by atoms with Gasteiger partial charge in [-0.15, -0.1) is 0 Å². The second kappa shape index (κ2) is 51.7. The molecule has 728 valence electrons. The smallest absolute Gasteiger partial charge is 0.329 e. The Morgan fingerprint density at radius 3 is 1.21 bits per heavy atom. The highest BCUT2D eigenvalue weighted by Gasteiger charge is 2.50. The molecule has 0 aromatic heterocycles. The van der Waals surface area contributed by atoms with Crippen molar-refractivity contribution < 1.29 is 111 Å². The van der Waals surface area contributed by atoms with E-state index in [0.717, 1.165) is 4.90 Å². The number of aliphatic hydroxyl groups excluding tert-OH is 1. The van der Waals surface area contributed by atoms with Crippen molar-refractivity contribution in [1.82, 2.24) is 51.5 Å². The summed E-state index contributed by atoms with van der Waals surface area (Å²) in [7, 11) is 2.85. The van der Waals surface area contributed by atoms with Gasteiger partial charge < -0.3 is 87.8 Å².